The monoisotopic (exact) mass is 364 g/mol. The number of aliphatic imine (C=N–C) groups is 1. The third kappa shape index (κ3) is 5.73. The van der Waals surface area contributed by atoms with Crippen molar-refractivity contribution >= 4 is 23.2 Å². The summed E-state index contributed by atoms with van der Waals surface area (Å²) in [5.41, 5.74) is 0.0465. The molecule has 1 unspecified atom stereocenters. The summed E-state index contributed by atoms with van der Waals surface area (Å²) < 4.78 is 0. The van der Waals surface area contributed by atoms with Gasteiger partial charge in [-0.2, -0.15) is 0 Å². The van der Waals surface area contributed by atoms with Crippen molar-refractivity contribution in [3.8, 4) is 0 Å². The molecular formula is C19H32N4OS. The number of nitrogens with zero attached hydrogens (tertiary/aromatic N) is 2. The van der Waals surface area contributed by atoms with Gasteiger partial charge in [-0.25, -0.2) is 0 Å². The Hall–Kier alpha value is -1.56. The standard InChI is InChI=1S/C19H32N4OS/c1-15-8-5-6-12-23(15)17(24)10-11-21-18(20-4)22-14-19(2,3)16-9-7-13-25-16/h7,9,13,15H,5-6,8,10-12,14H2,1-4H3,(H2,20,21,22). The SMILES string of the molecule is CN=C(NCCC(=O)N1CCCCC1C)NCC(C)(C)c1cccs1. The van der Waals surface area contributed by atoms with Crippen LogP contribution in [0.3, 0.4) is 0 Å². The molecular weight excluding hydrogens is 332 g/mol. The number of hydrogen-bond acceptors (Lipinski definition) is 3. The molecule has 1 atom stereocenters. The molecule has 6 heteroatoms. The number of piperidine rings is 1. The molecule has 25 heavy (non-hydrogen) atoms. The third-order valence-corrected chi connectivity index (χ3v) is 6.10. The van der Waals surface area contributed by atoms with Crippen LogP contribution in [0.4, 0.5) is 0 Å². The van der Waals surface area contributed by atoms with E-state index in [-0.39, 0.29) is 11.3 Å². The molecule has 0 aromatic carbocycles. The van der Waals surface area contributed by atoms with Gasteiger partial charge in [-0.3, -0.25) is 9.79 Å². The summed E-state index contributed by atoms with van der Waals surface area (Å²) in [6.45, 7) is 8.91. The smallest absolute Gasteiger partial charge is 0.224 e. The summed E-state index contributed by atoms with van der Waals surface area (Å²) >= 11 is 1.78. The molecule has 0 radical (unpaired) electrons. The molecule has 1 saturated heterocycles. The van der Waals surface area contributed by atoms with Gasteiger partial charge in [0.2, 0.25) is 5.91 Å². The fraction of sp³-hybridized carbons (Fsp3) is 0.684. The van der Waals surface area contributed by atoms with Crippen LogP contribution in [0.1, 0.15) is 51.3 Å². The highest BCUT2D eigenvalue weighted by atomic mass is 32.1. The van der Waals surface area contributed by atoms with Crippen LogP contribution >= 0.6 is 11.3 Å². The minimum absolute atomic E-state index is 0.0465. The zero-order valence-corrected chi connectivity index (χ0v) is 16.8. The average Bonchev–Trinajstić information content (AvgIpc) is 3.13. The number of carbonyl (C=O) groups excluding carboxylic acids is 1. The van der Waals surface area contributed by atoms with Crippen molar-refractivity contribution in [1.29, 1.82) is 0 Å². The lowest BCUT2D eigenvalue weighted by molar-refractivity contribution is -0.134. The zero-order chi connectivity index (χ0) is 18.3. The van der Waals surface area contributed by atoms with Gasteiger partial charge in [0, 0.05) is 49.4 Å². The predicted molar refractivity (Wildman–Crippen MR) is 106 cm³/mol. The summed E-state index contributed by atoms with van der Waals surface area (Å²) in [5.74, 6) is 0.998. The molecule has 1 amide bonds. The van der Waals surface area contributed by atoms with Gasteiger partial charge in [-0.1, -0.05) is 19.9 Å². The van der Waals surface area contributed by atoms with Crippen LogP contribution in [0.2, 0.25) is 0 Å². The fourth-order valence-electron chi connectivity index (χ4n) is 3.18. The van der Waals surface area contributed by atoms with Gasteiger partial charge >= 0.3 is 0 Å². The van der Waals surface area contributed by atoms with E-state index in [1.165, 1.54) is 11.3 Å². The van der Waals surface area contributed by atoms with Crippen LogP contribution < -0.4 is 10.6 Å². The zero-order valence-electron chi connectivity index (χ0n) is 16.0. The molecule has 5 nitrogen and oxygen atoms in total. The highest BCUT2D eigenvalue weighted by Gasteiger charge is 2.23. The molecule has 1 aliphatic rings. The topological polar surface area (TPSA) is 56.7 Å². The van der Waals surface area contributed by atoms with Crippen molar-refractivity contribution in [3.63, 3.8) is 0 Å². The summed E-state index contributed by atoms with van der Waals surface area (Å²) in [5, 5.41) is 8.76. The first-order valence-corrected chi connectivity index (χ1v) is 10.1. The van der Waals surface area contributed by atoms with Gasteiger partial charge in [0.1, 0.15) is 0 Å². The molecule has 0 bridgehead atoms. The Morgan fingerprint density at radius 3 is 2.84 bits per heavy atom. The average molecular weight is 365 g/mol. The van der Waals surface area contributed by atoms with E-state index < -0.39 is 0 Å². The van der Waals surface area contributed by atoms with Crippen molar-refractivity contribution in [2.45, 2.75) is 57.9 Å². The van der Waals surface area contributed by atoms with E-state index in [0.29, 0.717) is 19.0 Å². The Kier molecular flexibility index (Phi) is 7.29. The molecule has 1 fully saturated rings. The van der Waals surface area contributed by atoms with E-state index in [0.717, 1.165) is 31.9 Å². The third-order valence-electron chi connectivity index (χ3n) is 4.86. The second-order valence-corrected chi connectivity index (χ2v) is 8.34. The Bertz CT molecular complexity index is 568. The van der Waals surface area contributed by atoms with Crippen molar-refractivity contribution in [1.82, 2.24) is 15.5 Å². The van der Waals surface area contributed by atoms with Crippen molar-refractivity contribution < 1.29 is 4.79 Å². The van der Waals surface area contributed by atoms with Gasteiger partial charge in [-0.05, 0) is 37.6 Å². The second kappa shape index (κ2) is 9.22. The summed E-state index contributed by atoms with van der Waals surface area (Å²) in [6, 6.07) is 4.63. The van der Waals surface area contributed by atoms with Crippen LogP contribution in [0.25, 0.3) is 0 Å². The number of carbonyl (C=O) groups is 1. The number of guanidine groups is 1. The molecule has 0 aliphatic carbocycles. The van der Waals surface area contributed by atoms with Crippen molar-refractivity contribution in [2.24, 2.45) is 4.99 Å². The van der Waals surface area contributed by atoms with E-state index >= 15 is 0 Å². The molecule has 0 spiro atoms. The van der Waals surface area contributed by atoms with E-state index in [1.807, 2.05) is 4.90 Å². The highest BCUT2D eigenvalue weighted by Crippen LogP contribution is 2.26. The number of amides is 1. The van der Waals surface area contributed by atoms with Gasteiger partial charge in [-0.15, -0.1) is 11.3 Å². The Labute approximate surface area is 155 Å². The molecule has 1 aromatic heterocycles. The minimum Gasteiger partial charge on any atom is -0.356 e. The number of nitrogens with one attached hydrogen (secondary N) is 2. The molecule has 2 rings (SSSR count). The molecule has 2 N–H and O–H groups in total. The van der Waals surface area contributed by atoms with Gasteiger partial charge in [0.15, 0.2) is 5.96 Å². The van der Waals surface area contributed by atoms with Crippen LogP contribution in [0, 0.1) is 0 Å². The molecule has 1 aromatic rings. The lowest BCUT2D eigenvalue weighted by atomic mass is 9.91. The first kappa shape index (κ1) is 19.8. The molecule has 2 heterocycles. The fourth-order valence-corrected chi connectivity index (χ4v) is 4.03. The van der Waals surface area contributed by atoms with Crippen LogP contribution in [0.15, 0.2) is 22.5 Å². The minimum atomic E-state index is 0.0465. The second-order valence-electron chi connectivity index (χ2n) is 7.40. The van der Waals surface area contributed by atoms with Crippen molar-refractivity contribution in [2.75, 3.05) is 26.7 Å². The summed E-state index contributed by atoms with van der Waals surface area (Å²) in [6.07, 6.45) is 4.00. The summed E-state index contributed by atoms with van der Waals surface area (Å²) in [7, 11) is 1.77. The van der Waals surface area contributed by atoms with E-state index in [9.17, 15) is 4.79 Å². The number of likely N-dealkylation sites (tertiary alicyclic amines) is 1. The van der Waals surface area contributed by atoms with E-state index in [4.69, 9.17) is 0 Å². The molecule has 0 saturated carbocycles. The first-order valence-electron chi connectivity index (χ1n) is 9.22. The van der Waals surface area contributed by atoms with Gasteiger partial charge in [0.25, 0.3) is 0 Å². The van der Waals surface area contributed by atoms with Crippen molar-refractivity contribution in [3.05, 3.63) is 22.4 Å². The van der Waals surface area contributed by atoms with E-state index in [1.54, 1.807) is 18.4 Å². The Balaban J connectivity index is 1.74. The Morgan fingerprint density at radius 1 is 1.40 bits per heavy atom. The highest BCUT2D eigenvalue weighted by molar-refractivity contribution is 7.10. The predicted octanol–water partition coefficient (Wildman–Crippen LogP) is 2.98. The molecule has 140 valence electrons. The lowest BCUT2D eigenvalue weighted by Crippen LogP contribution is -2.46. The van der Waals surface area contributed by atoms with Gasteiger partial charge in [0.05, 0.1) is 0 Å². The van der Waals surface area contributed by atoms with Crippen LogP contribution in [-0.4, -0.2) is 49.5 Å². The maximum atomic E-state index is 12.4. The first-order chi connectivity index (χ1) is 11.9. The number of hydrogen-bond donors (Lipinski definition) is 2. The maximum absolute atomic E-state index is 12.4. The number of thiophene rings is 1. The summed E-state index contributed by atoms with van der Waals surface area (Å²) in [4.78, 5) is 20.0. The Morgan fingerprint density at radius 2 is 2.20 bits per heavy atom. The quantitative estimate of drug-likeness (QED) is 0.603. The largest absolute Gasteiger partial charge is 0.356 e. The lowest BCUT2D eigenvalue weighted by Gasteiger charge is -2.33. The van der Waals surface area contributed by atoms with E-state index in [2.05, 4.69) is 53.9 Å². The normalized spacial score (nSPS) is 19.0. The maximum Gasteiger partial charge on any atom is 0.224 e. The number of rotatable bonds is 6. The van der Waals surface area contributed by atoms with Crippen LogP contribution in [0.5, 0.6) is 0 Å². The van der Waals surface area contributed by atoms with Gasteiger partial charge < -0.3 is 15.5 Å². The molecule has 1 aliphatic heterocycles. The van der Waals surface area contributed by atoms with Crippen LogP contribution in [-0.2, 0) is 10.2 Å².